The van der Waals surface area contributed by atoms with Gasteiger partial charge in [0, 0.05) is 6.54 Å². The Labute approximate surface area is 114 Å². The molecule has 4 heteroatoms. The minimum atomic E-state index is -0.308. The van der Waals surface area contributed by atoms with Gasteiger partial charge in [0.15, 0.2) is 0 Å². The van der Waals surface area contributed by atoms with Crippen LogP contribution in [0.3, 0.4) is 0 Å². The van der Waals surface area contributed by atoms with E-state index < -0.39 is 0 Å². The van der Waals surface area contributed by atoms with Gasteiger partial charge in [0.1, 0.15) is 5.82 Å². The first-order valence-corrected chi connectivity index (χ1v) is 6.87. The van der Waals surface area contributed by atoms with E-state index in [9.17, 15) is 9.18 Å². The smallest absolute Gasteiger partial charge is 0.224 e. The molecule has 1 amide bonds. The Bertz CT molecular complexity index is 389. The second kappa shape index (κ2) is 8.64. The zero-order valence-electron chi connectivity index (χ0n) is 11.5. The summed E-state index contributed by atoms with van der Waals surface area (Å²) in [5, 5.41) is 2.90. The second-order valence-corrected chi connectivity index (χ2v) is 4.84. The van der Waals surface area contributed by atoms with E-state index in [4.69, 9.17) is 5.73 Å². The summed E-state index contributed by atoms with van der Waals surface area (Å²) < 4.78 is 13.0. The summed E-state index contributed by atoms with van der Waals surface area (Å²) in [6, 6.07) is 6.14. The van der Waals surface area contributed by atoms with Crippen LogP contribution in [-0.2, 0) is 11.2 Å². The van der Waals surface area contributed by atoms with Gasteiger partial charge in [-0.3, -0.25) is 4.79 Å². The van der Waals surface area contributed by atoms with Gasteiger partial charge < -0.3 is 11.1 Å². The number of nitrogens with one attached hydrogen (secondary N) is 1. The fourth-order valence-corrected chi connectivity index (χ4v) is 2.15. The molecule has 19 heavy (non-hydrogen) atoms. The van der Waals surface area contributed by atoms with Crippen molar-refractivity contribution in [3.63, 3.8) is 0 Å². The number of amides is 1. The third-order valence-corrected chi connectivity index (χ3v) is 3.11. The van der Waals surface area contributed by atoms with Gasteiger partial charge in [-0.05, 0) is 43.0 Å². The molecule has 0 aliphatic carbocycles. The van der Waals surface area contributed by atoms with Crippen molar-refractivity contribution in [1.82, 2.24) is 5.32 Å². The monoisotopic (exact) mass is 266 g/mol. The zero-order valence-corrected chi connectivity index (χ0v) is 11.5. The van der Waals surface area contributed by atoms with Crippen LogP contribution in [0.2, 0.25) is 0 Å². The molecule has 0 bridgehead atoms. The maximum absolute atomic E-state index is 13.0. The second-order valence-electron chi connectivity index (χ2n) is 4.84. The Morgan fingerprint density at radius 1 is 1.42 bits per heavy atom. The fourth-order valence-electron chi connectivity index (χ4n) is 2.15. The van der Waals surface area contributed by atoms with Crippen LogP contribution in [0.1, 0.15) is 31.7 Å². The van der Waals surface area contributed by atoms with E-state index >= 15 is 0 Å². The summed E-state index contributed by atoms with van der Waals surface area (Å²) in [4.78, 5) is 11.8. The van der Waals surface area contributed by atoms with Crippen molar-refractivity contribution in [2.24, 2.45) is 11.7 Å². The van der Waals surface area contributed by atoms with Gasteiger partial charge in [-0.25, -0.2) is 4.39 Å². The molecule has 0 saturated heterocycles. The lowest BCUT2D eigenvalue weighted by molar-refractivity contribution is -0.120. The number of rotatable bonds is 8. The van der Waals surface area contributed by atoms with Crippen LogP contribution in [0, 0.1) is 11.7 Å². The molecule has 1 unspecified atom stereocenters. The molecule has 0 aliphatic heterocycles. The van der Waals surface area contributed by atoms with Crippen molar-refractivity contribution in [1.29, 1.82) is 0 Å². The highest BCUT2D eigenvalue weighted by Gasteiger charge is 2.09. The van der Waals surface area contributed by atoms with E-state index in [1.54, 1.807) is 12.1 Å². The first-order chi connectivity index (χ1) is 9.15. The number of carbonyl (C=O) groups excluding carboxylic acids is 1. The van der Waals surface area contributed by atoms with Gasteiger partial charge in [0.2, 0.25) is 5.91 Å². The van der Waals surface area contributed by atoms with Crippen molar-refractivity contribution in [2.45, 2.75) is 32.6 Å². The highest BCUT2D eigenvalue weighted by atomic mass is 19.1. The van der Waals surface area contributed by atoms with E-state index in [1.165, 1.54) is 12.1 Å². The maximum Gasteiger partial charge on any atom is 0.224 e. The minimum absolute atomic E-state index is 0.0660. The third kappa shape index (κ3) is 6.34. The lowest BCUT2D eigenvalue weighted by Crippen LogP contribution is -2.31. The predicted molar refractivity (Wildman–Crippen MR) is 75.2 cm³/mol. The number of nitrogens with two attached hydrogens (primary N) is 1. The number of benzene rings is 1. The molecule has 1 aromatic rings. The number of carbonyl (C=O) groups is 1. The van der Waals surface area contributed by atoms with Crippen LogP contribution in [0.25, 0.3) is 0 Å². The van der Waals surface area contributed by atoms with E-state index in [1.807, 2.05) is 0 Å². The SMILES string of the molecule is CCCC(CCN)CNC(=O)Cc1cccc(F)c1. The summed E-state index contributed by atoms with van der Waals surface area (Å²) in [6.45, 7) is 3.42. The summed E-state index contributed by atoms with van der Waals surface area (Å²) in [5.41, 5.74) is 6.25. The molecule has 1 rings (SSSR count). The van der Waals surface area contributed by atoms with Gasteiger partial charge in [-0.2, -0.15) is 0 Å². The summed E-state index contributed by atoms with van der Waals surface area (Å²) in [7, 11) is 0. The Morgan fingerprint density at radius 3 is 2.84 bits per heavy atom. The number of hydrogen-bond acceptors (Lipinski definition) is 2. The van der Waals surface area contributed by atoms with Crippen molar-refractivity contribution in [3.05, 3.63) is 35.6 Å². The highest BCUT2D eigenvalue weighted by Crippen LogP contribution is 2.09. The van der Waals surface area contributed by atoms with Gasteiger partial charge in [0.05, 0.1) is 6.42 Å². The molecular weight excluding hydrogens is 243 g/mol. The molecule has 3 nitrogen and oxygen atoms in total. The van der Waals surface area contributed by atoms with Crippen LogP contribution in [0.15, 0.2) is 24.3 Å². The van der Waals surface area contributed by atoms with Crippen LogP contribution >= 0.6 is 0 Å². The van der Waals surface area contributed by atoms with Crippen LogP contribution < -0.4 is 11.1 Å². The molecule has 1 aromatic carbocycles. The lowest BCUT2D eigenvalue weighted by Gasteiger charge is -2.15. The van der Waals surface area contributed by atoms with Gasteiger partial charge in [-0.15, -0.1) is 0 Å². The number of halogens is 1. The molecule has 106 valence electrons. The first kappa shape index (κ1) is 15.6. The summed E-state index contributed by atoms with van der Waals surface area (Å²) in [5.74, 6) is 0.0625. The molecular formula is C15H23FN2O. The van der Waals surface area contributed by atoms with Crippen molar-refractivity contribution < 1.29 is 9.18 Å². The van der Waals surface area contributed by atoms with Gasteiger partial charge in [-0.1, -0.05) is 25.5 Å². The first-order valence-electron chi connectivity index (χ1n) is 6.87. The Morgan fingerprint density at radius 2 is 2.21 bits per heavy atom. The quantitative estimate of drug-likeness (QED) is 0.758. The molecule has 3 N–H and O–H groups in total. The van der Waals surface area contributed by atoms with Gasteiger partial charge >= 0.3 is 0 Å². The average molecular weight is 266 g/mol. The average Bonchev–Trinajstić information content (AvgIpc) is 2.36. The molecule has 0 fully saturated rings. The maximum atomic E-state index is 13.0. The molecule has 0 radical (unpaired) electrons. The fraction of sp³-hybridized carbons (Fsp3) is 0.533. The standard InChI is InChI=1S/C15H23FN2O/c1-2-4-12(7-8-17)11-18-15(19)10-13-5-3-6-14(16)9-13/h3,5-6,9,12H,2,4,7-8,10-11,17H2,1H3,(H,18,19). The van der Waals surface area contributed by atoms with Crippen molar-refractivity contribution >= 4 is 5.91 Å². The van der Waals surface area contributed by atoms with Crippen LogP contribution in [-0.4, -0.2) is 19.0 Å². The van der Waals surface area contributed by atoms with Crippen LogP contribution in [0.5, 0.6) is 0 Å². The van der Waals surface area contributed by atoms with Crippen LogP contribution in [0.4, 0.5) is 4.39 Å². The van der Waals surface area contributed by atoms with E-state index in [-0.39, 0.29) is 18.1 Å². The van der Waals surface area contributed by atoms with Crippen molar-refractivity contribution in [2.75, 3.05) is 13.1 Å². The van der Waals surface area contributed by atoms with Crippen molar-refractivity contribution in [3.8, 4) is 0 Å². The minimum Gasteiger partial charge on any atom is -0.356 e. The Kier molecular flexibility index (Phi) is 7.11. The zero-order chi connectivity index (χ0) is 14.1. The molecule has 0 saturated carbocycles. The molecule has 0 heterocycles. The van der Waals surface area contributed by atoms with Gasteiger partial charge in [0.25, 0.3) is 0 Å². The summed E-state index contributed by atoms with van der Waals surface area (Å²) >= 11 is 0. The Hall–Kier alpha value is -1.42. The van der Waals surface area contributed by atoms with E-state index in [0.29, 0.717) is 24.6 Å². The molecule has 0 spiro atoms. The molecule has 0 aromatic heterocycles. The predicted octanol–water partition coefficient (Wildman–Crippen LogP) is 2.25. The van der Waals surface area contributed by atoms with E-state index in [0.717, 1.165) is 19.3 Å². The Balaban J connectivity index is 2.38. The number of hydrogen-bond donors (Lipinski definition) is 2. The topological polar surface area (TPSA) is 55.1 Å². The summed E-state index contributed by atoms with van der Waals surface area (Å²) in [6.07, 6.45) is 3.30. The highest BCUT2D eigenvalue weighted by molar-refractivity contribution is 5.78. The lowest BCUT2D eigenvalue weighted by atomic mass is 10.00. The van der Waals surface area contributed by atoms with E-state index in [2.05, 4.69) is 12.2 Å². The molecule has 1 atom stereocenters. The largest absolute Gasteiger partial charge is 0.356 e. The third-order valence-electron chi connectivity index (χ3n) is 3.11. The normalized spacial score (nSPS) is 12.2. The molecule has 0 aliphatic rings.